The lowest BCUT2D eigenvalue weighted by Gasteiger charge is -2.33. The fraction of sp³-hybridized carbons (Fsp3) is 0.263. The Morgan fingerprint density at radius 2 is 2.11 bits per heavy atom. The molecule has 9 heteroatoms. The second-order valence-corrected chi connectivity index (χ2v) is 6.60. The number of amides is 1. The maximum Gasteiger partial charge on any atom is 0.253 e. The smallest absolute Gasteiger partial charge is 0.253 e. The maximum atomic E-state index is 13.6. The number of piperidine rings is 1. The summed E-state index contributed by atoms with van der Waals surface area (Å²) in [4.78, 5) is 20.7. The van der Waals surface area contributed by atoms with E-state index in [-0.39, 0.29) is 17.9 Å². The van der Waals surface area contributed by atoms with Gasteiger partial charge in [0, 0.05) is 24.7 Å². The Morgan fingerprint density at radius 3 is 2.82 bits per heavy atom. The van der Waals surface area contributed by atoms with Crippen LogP contribution in [0.4, 0.5) is 8.78 Å². The maximum absolute atomic E-state index is 13.6. The van der Waals surface area contributed by atoms with Gasteiger partial charge in [-0.1, -0.05) is 6.07 Å². The normalized spacial score (nSPS) is 19.4. The van der Waals surface area contributed by atoms with E-state index in [4.69, 9.17) is 0 Å². The molecule has 0 saturated carbocycles. The Labute approximate surface area is 159 Å². The van der Waals surface area contributed by atoms with E-state index in [0.29, 0.717) is 29.9 Å². The SMILES string of the molecule is O=C(NC1CNCCC1c1ccc(F)c(F)c1)c1ccc(-n2cncn2)nc1. The Bertz CT molecular complexity index is 961. The summed E-state index contributed by atoms with van der Waals surface area (Å²) in [6, 6.07) is 6.98. The molecule has 1 saturated heterocycles. The lowest BCUT2D eigenvalue weighted by molar-refractivity contribution is 0.0924. The summed E-state index contributed by atoms with van der Waals surface area (Å²) in [5.74, 6) is -1.60. The highest BCUT2D eigenvalue weighted by molar-refractivity contribution is 5.94. The third-order valence-electron chi connectivity index (χ3n) is 4.83. The standard InChI is InChI=1S/C19H18F2N6O/c20-15-3-1-12(7-16(15)21)14-5-6-22-9-17(14)26-19(28)13-2-4-18(24-8-13)27-11-23-10-25-27/h1-4,7-8,10-11,14,17,22H,5-6,9H2,(H,26,28). The molecule has 7 nitrogen and oxygen atoms in total. The van der Waals surface area contributed by atoms with Gasteiger partial charge in [0.2, 0.25) is 0 Å². The Hall–Kier alpha value is -3.20. The van der Waals surface area contributed by atoms with Crippen molar-refractivity contribution in [2.75, 3.05) is 13.1 Å². The van der Waals surface area contributed by atoms with Gasteiger partial charge in [0.05, 0.1) is 5.56 Å². The molecule has 0 spiro atoms. The van der Waals surface area contributed by atoms with Crippen LogP contribution < -0.4 is 10.6 Å². The Morgan fingerprint density at radius 1 is 1.21 bits per heavy atom. The zero-order valence-electron chi connectivity index (χ0n) is 14.8. The highest BCUT2D eigenvalue weighted by atomic mass is 19.2. The Balaban J connectivity index is 1.49. The summed E-state index contributed by atoms with van der Waals surface area (Å²) in [6.07, 6.45) is 5.09. The highest BCUT2D eigenvalue weighted by Gasteiger charge is 2.28. The van der Waals surface area contributed by atoms with Crippen molar-refractivity contribution in [3.63, 3.8) is 0 Å². The molecular formula is C19H18F2N6O. The van der Waals surface area contributed by atoms with Crippen LogP contribution in [0, 0.1) is 11.6 Å². The number of hydrogen-bond donors (Lipinski definition) is 2. The lowest BCUT2D eigenvalue weighted by Crippen LogP contribution is -2.50. The fourth-order valence-corrected chi connectivity index (χ4v) is 3.39. The van der Waals surface area contributed by atoms with E-state index in [1.807, 2.05) is 0 Å². The number of nitrogens with one attached hydrogen (secondary N) is 2. The van der Waals surface area contributed by atoms with Crippen LogP contribution in [-0.2, 0) is 0 Å². The minimum Gasteiger partial charge on any atom is -0.347 e. The van der Waals surface area contributed by atoms with Gasteiger partial charge in [0.25, 0.3) is 5.91 Å². The van der Waals surface area contributed by atoms with Gasteiger partial charge in [0.1, 0.15) is 12.7 Å². The number of rotatable bonds is 4. The van der Waals surface area contributed by atoms with Crippen molar-refractivity contribution in [2.24, 2.45) is 0 Å². The Kier molecular flexibility index (Phi) is 5.07. The molecule has 0 radical (unpaired) electrons. The number of halogens is 2. The van der Waals surface area contributed by atoms with E-state index in [0.717, 1.165) is 12.6 Å². The average Bonchev–Trinajstić information content (AvgIpc) is 3.25. The highest BCUT2D eigenvalue weighted by Crippen LogP contribution is 2.27. The van der Waals surface area contributed by atoms with Crippen LogP contribution in [0.15, 0.2) is 49.2 Å². The molecule has 1 fully saturated rings. The van der Waals surface area contributed by atoms with Crippen LogP contribution in [0.25, 0.3) is 5.82 Å². The van der Waals surface area contributed by atoms with E-state index >= 15 is 0 Å². The fourth-order valence-electron chi connectivity index (χ4n) is 3.39. The third kappa shape index (κ3) is 3.74. The van der Waals surface area contributed by atoms with Crippen molar-refractivity contribution in [3.8, 4) is 5.82 Å². The molecule has 1 aromatic carbocycles. The summed E-state index contributed by atoms with van der Waals surface area (Å²) in [5.41, 5.74) is 1.07. The van der Waals surface area contributed by atoms with Gasteiger partial charge in [0.15, 0.2) is 17.5 Å². The van der Waals surface area contributed by atoms with E-state index in [1.54, 1.807) is 18.2 Å². The number of carbonyl (C=O) groups is 1. The summed E-state index contributed by atoms with van der Waals surface area (Å²) >= 11 is 0. The molecule has 144 valence electrons. The molecule has 28 heavy (non-hydrogen) atoms. The summed E-state index contributed by atoms with van der Waals surface area (Å²) in [7, 11) is 0. The average molecular weight is 384 g/mol. The molecule has 0 aliphatic carbocycles. The molecule has 0 bridgehead atoms. The summed E-state index contributed by atoms with van der Waals surface area (Å²) in [5, 5.41) is 10.2. The monoisotopic (exact) mass is 384 g/mol. The number of nitrogens with zero attached hydrogens (tertiary/aromatic N) is 4. The molecule has 1 amide bonds. The second kappa shape index (κ2) is 7.81. The number of aromatic nitrogens is 4. The van der Waals surface area contributed by atoms with Crippen molar-refractivity contribution < 1.29 is 13.6 Å². The quantitative estimate of drug-likeness (QED) is 0.717. The second-order valence-electron chi connectivity index (χ2n) is 6.60. The topological polar surface area (TPSA) is 84.7 Å². The van der Waals surface area contributed by atoms with Crippen LogP contribution in [0.2, 0.25) is 0 Å². The van der Waals surface area contributed by atoms with Crippen molar-refractivity contribution in [1.29, 1.82) is 0 Å². The molecule has 2 N–H and O–H groups in total. The predicted molar refractivity (Wildman–Crippen MR) is 97.0 cm³/mol. The predicted octanol–water partition coefficient (Wildman–Crippen LogP) is 1.82. The number of hydrogen-bond acceptors (Lipinski definition) is 5. The van der Waals surface area contributed by atoms with E-state index < -0.39 is 11.6 Å². The van der Waals surface area contributed by atoms with E-state index in [9.17, 15) is 13.6 Å². The van der Waals surface area contributed by atoms with Gasteiger partial charge in [-0.2, -0.15) is 5.10 Å². The zero-order valence-corrected chi connectivity index (χ0v) is 14.8. The first-order chi connectivity index (χ1) is 13.6. The number of benzene rings is 1. The molecule has 2 aromatic heterocycles. The molecule has 2 unspecified atom stereocenters. The molecular weight excluding hydrogens is 366 g/mol. The van der Waals surface area contributed by atoms with Crippen LogP contribution in [0.3, 0.4) is 0 Å². The van der Waals surface area contributed by atoms with Crippen LogP contribution in [-0.4, -0.2) is 44.8 Å². The van der Waals surface area contributed by atoms with E-state index in [1.165, 1.54) is 29.6 Å². The first-order valence-corrected chi connectivity index (χ1v) is 8.89. The molecule has 4 rings (SSSR count). The largest absolute Gasteiger partial charge is 0.347 e. The van der Waals surface area contributed by atoms with Crippen molar-refractivity contribution in [3.05, 3.63) is 71.9 Å². The molecule has 1 aliphatic rings. The minimum atomic E-state index is -0.881. The lowest BCUT2D eigenvalue weighted by atomic mass is 9.86. The summed E-state index contributed by atoms with van der Waals surface area (Å²) < 4.78 is 28.4. The first-order valence-electron chi connectivity index (χ1n) is 8.89. The first kappa shape index (κ1) is 18.2. The van der Waals surface area contributed by atoms with Gasteiger partial charge in [-0.3, -0.25) is 4.79 Å². The summed E-state index contributed by atoms with van der Waals surface area (Å²) in [6.45, 7) is 1.28. The van der Waals surface area contributed by atoms with Crippen molar-refractivity contribution in [1.82, 2.24) is 30.4 Å². The molecule has 1 aliphatic heterocycles. The van der Waals surface area contributed by atoms with Crippen LogP contribution >= 0.6 is 0 Å². The van der Waals surface area contributed by atoms with Gasteiger partial charge in [-0.25, -0.2) is 23.4 Å². The van der Waals surface area contributed by atoms with Crippen LogP contribution in [0.5, 0.6) is 0 Å². The molecule has 3 aromatic rings. The van der Waals surface area contributed by atoms with Gasteiger partial charge in [-0.15, -0.1) is 0 Å². The van der Waals surface area contributed by atoms with Gasteiger partial charge < -0.3 is 10.6 Å². The number of pyridine rings is 1. The van der Waals surface area contributed by atoms with Crippen LogP contribution in [0.1, 0.15) is 28.3 Å². The van der Waals surface area contributed by atoms with Gasteiger partial charge in [-0.05, 0) is 42.8 Å². The minimum absolute atomic E-state index is 0.109. The molecule has 2 atom stereocenters. The van der Waals surface area contributed by atoms with Crippen molar-refractivity contribution >= 4 is 5.91 Å². The molecule has 3 heterocycles. The van der Waals surface area contributed by atoms with E-state index in [2.05, 4.69) is 25.7 Å². The third-order valence-corrected chi connectivity index (χ3v) is 4.83. The number of carbonyl (C=O) groups excluding carboxylic acids is 1. The van der Waals surface area contributed by atoms with Crippen molar-refractivity contribution in [2.45, 2.75) is 18.4 Å². The zero-order chi connectivity index (χ0) is 19.5. The van der Waals surface area contributed by atoms with Gasteiger partial charge >= 0.3 is 0 Å².